The monoisotopic (exact) mass is 439 g/mol. The van der Waals surface area contributed by atoms with E-state index >= 15 is 0 Å². The molecule has 1 N–H and O–H groups in total. The Hall–Kier alpha value is -4.13. The standard InChI is InChI=1S/C26H25N5O2/c1-31-13-12-27-24(31)18-33-22-16-20(25-29-23-10-5-11-28-26(23)30-25)15-21(17-22)32-14-6-9-19-7-3-2-4-8-19/h2-5,7-8,10-13,15-17H,6,9,14,18H2,1H3,(H,28,29,30). The summed E-state index contributed by atoms with van der Waals surface area (Å²) in [5.41, 5.74) is 3.75. The summed E-state index contributed by atoms with van der Waals surface area (Å²) in [5, 5.41) is 0. The Labute approximate surface area is 192 Å². The molecule has 0 bridgehead atoms. The van der Waals surface area contributed by atoms with Crippen molar-refractivity contribution in [1.29, 1.82) is 0 Å². The van der Waals surface area contributed by atoms with Crippen molar-refractivity contribution in [1.82, 2.24) is 24.5 Å². The summed E-state index contributed by atoms with van der Waals surface area (Å²) in [5.74, 6) is 3.00. The van der Waals surface area contributed by atoms with Gasteiger partial charge in [-0.25, -0.2) is 15.0 Å². The van der Waals surface area contributed by atoms with Crippen LogP contribution < -0.4 is 9.47 Å². The first-order chi connectivity index (χ1) is 16.2. The van der Waals surface area contributed by atoms with Gasteiger partial charge in [-0.15, -0.1) is 0 Å². The van der Waals surface area contributed by atoms with Crippen molar-refractivity contribution in [2.75, 3.05) is 6.61 Å². The highest BCUT2D eigenvalue weighted by Gasteiger charge is 2.11. The number of rotatable bonds is 9. The zero-order valence-electron chi connectivity index (χ0n) is 18.4. The van der Waals surface area contributed by atoms with Crippen molar-refractivity contribution >= 4 is 11.2 Å². The lowest BCUT2D eigenvalue weighted by Crippen LogP contribution is -2.04. The van der Waals surface area contributed by atoms with Crippen LogP contribution in [0.15, 0.2) is 79.3 Å². The minimum Gasteiger partial charge on any atom is -0.493 e. The lowest BCUT2D eigenvalue weighted by Gasteiger charge is -2.12. The molecule has 0 saturated heterocycles. The molecule has 33 heavy (non-hydrogen) atoms. The second kappa shape index (κ2) is 9.56. The van der Waals surface area contributed by atoms with Gasteiger partial charge in [-0.3, -0.25) is 0 Å². The third-order valence-electron chi connectivity index (χ3n) is 5.42. The molecular weight excluding hydrogens is 414 g/mol. The lowest BCUT2D eigenvalue weighted by molar-refractivity contribution is 0.283. The fourth-order valence-electron chi connectivity index (χ4n) is 3.65. The second-order valence-electron chi connectivity index (χ2n) is 7.83. The molecule has 2 aromatic carbocycles. The Kier molecular flexibility index (Phi) is 6.01. The molecular formula is C26H25N5O2. The molecule has 0 atom stereocenters. The number of aromatic amines is 1. The predicted octanol–water partition coefficient (Wildman–Crippen LogP) is 4.95. The number of H-pyrrole nitrogens is 1. The summed E-state index contributed by atoms with van der Waals surface area (Å²) in [6.45, 7) is 0.973. The van der Waals surface area contributed by atoms with Crippen LogP contribution in [0.5, 0.6) is 11.5 Å². The van der Waals surface area contributed by atoms with E-state index in [-0.39, 0.29) is 0 Å². The molecule has 5 rings (SSSR count). The van der Waals surface area contributed by atoms with Crippen molar-refractivity contribution < 1.29 is 9.47 Å². The minimum atomic E-state index is 0.363. The molecule has 0 aliphatic rings. The van der Waals surface area contributed by atoms with Crippen LogP contribution in [0.4, 0.5) is 0 Å². The Balaban J connectivity index is 1.35. The number of aryl methyl sites for hydroxylation is 2. The maximum absolute atomic E-state index is 6.11. The Bertz CT molecular complexity index is 1310. The minimum absolute atomic E-state index is 0.363. The first kappa shape index (κ1) is 20.8. The van der Waals surface area contributed by atoms with Crippen LogP contribution in [-0.4, -0.2) is 31.1 Å². The topological polar surface area (TPSA) is 77.8 Å². The van der Waals surface area contributed by atoms with Gasteiger partial charge in [0.05, 0.1) is 6.61 Å². The summed E-state index contributed by atoms with van der Waals surface area (Å²) >= 11 is 0. The van der Waals surface area contributed by atoms with E-state index in [9.17, 15) is 0 Å². The van der Waals surface area contributed by atoms with Gasteiger partial charge < -0.3 is 19.0 Å². The number of hydrogen-bond acceptors (Lipinski definition) is 5. The lowest BCUT2D eigenvalue weighted by atomic mass is 10.1. The average molecular weight is 440 g/mol. The molecule has 0 saturated carbocycles. The number of imidazole rings is 2. The quantitative estimate of drug-likeness (QED) is 0.329. The van der Waals surface area contributed by atoms with Crippen molar-refractivity contribution in [3.63, 3.8) is 0 Å². The van der Waals surface area contributed by atoms with Gasteiger partial charge in [-0.05, 0) is 42.7 Å². The van der Waals surface area contributed by atoms with Gasteiger partial charge in [0.15, 0.2) is 5.65 Å². The number of aromatic nitrogens is 5. The number of ether oxygens (including phenoxy) is 2. The molecule has 3 heterocycles. The van der Waals surface area contributed by atoms with Crippen molar-refractivity contribution in [2.24, 2.45) is 7.05 Å². The summed E-state index contributed by atoms with van der Waals surface area (Å²) in [7, 11) is 1.95. The van der Waals surface area contributed by atoms with Gasteiger partial charge in [0.25, 0.3) is 0 Å². The van der Waals surface area contributed by atoms with Crippen LogP contribution >= 0.6 is 0 Å². The summed E-state index contributed by atoms with van der Waals surface area (Å²) in [6.07, 6.45) is 7.30. The predicted molar refractivity (Wildman–Crippen MR) is 127 cm³/mol. The van der Waals surface area contributed by atoms with Crippen LogP contribution in [0.1, 0.15) is 17.8 Å². The zero-order valence-corrected chi connectivity index (χ0v) is 18.4. The van der Waals surface area contributed by atoms with Gasteiger partial charge in [-0.1, -0.05) is 30.3 Å². The van der Waals surface area contributed by atoms with E-state index < -0.39 is 0 Å². The SMILES string of the molecule is Cn1ccnc1COc1cc(OCCCc2ccccc2)cc(-c2nc3cccnc3[nH]2)c1. The molecule has 7 nitrogen and oxygen atoms in total. The van der Waals surface area contributed by atoms with Gasteiger partial charge >= 0.3 is 0 Å². The number of pyridine rings is 1. The Morgan fingerprint density at radius 1 is 0.909 bits per heavy atom. The van der Waals surface area contributed by atoms with E-state index in [4.69, 9.17) is 9.47 Å². The number of nitrogens with one attached hydrogen (secondary N) is 1. The van der Waals surface area contributed by atoms with Crippen LogP contribution in [0, 0.1) is 0 Å². The number of fused-ring (bicyclic) bond motifs is 1. The molecule has 0 aliphatic carbocycles. The van der Waals surface area contributed by atoms with Crippen molar-refractivity contribution in [3.8, 4) is 22.9 Å². The third-order valence-corrected chi connectivity index (χ3v) is 5.42. The van der Waals surface area contributed by atoms with E-state index in [1.807, 2.05) is 54.2 Å². The van der Waals surface area contributed by atoms with Crippen LogP contribution in [0.3, 0.4) is 0 Å². The summed E-state index contributed by atoms with van der Waals surface area (Å²) < 4.78 is 14.1. The van der Waals surface area contributed by atoms with Crippen molar-refractivity contribution in [3.05, 3.63) is 90.6 Å². The average Bonchev–Trinajstić information content (AvgIpc) is 3.47. The van der Waals surface area contributed by atoms with Gasteiger partial charge in [-0.2, -0.15) is 0 Å². The first-order valence-corrected chi connectivity index (χ1v) is 11.0. The summed E-state index contributed by atoms with van der Waals surface area (Å²) in [4.78, 5) is 16.6. The smallest absolute Gasteiger partial charge is 0.157 e. The van der Waals surface area contributed by atoms with E-state index in [0.29, 0.717) is 19.0 Å². The highest BCUT2D eigenvalue weighted by atomic mass is 16.5. The molecule has 3 aromatic heterocycles. The Morgan fingerprint density at radius 3 is 2.55 bits per heavy atom. The molecule has 5 aromatic rings. The first-order valence-electron chi connectivity index (χ1n) is 11.0. The third kappa shape index (κ3) is 5.03. The maximum atomic E-state index is 6.11. The van der Waals surface area contributed by atoms with Gasteiger partial charge in [0, 0.05) is 37.3 Å². The maximum Gasteiger partial charge on any atom is 0.157 e. The molecule has 0 fully saturated rings. The molecule has 0 radical (unpaired) electrons. The van der Waals surface area contributed by atoms with Crippen LogP contribution in [0.25, 0.3) is 22.6 Å². The number of hydrogen-bond donors (Lipinski definition) is 1. The number of benzene rings is 2. The highest BCUT2D eigenvalue weighted by molar-refractivity contribution is 5.76. The largest absolute Gasteiger partial charge is 0.493 e. The second-order valence-corrected chi connectivity index (χ2v) is 7.83. The fourth-order valence-corrected chi connectivity index (χ4v) is 3.65. The van der Waals surface area contributed by atoms with Gasteiger partial charge in [0.1, 0.15) is 35.3 Å². The van der Waals surface area contributed by atoms with E-state index in [2.05, 4.69) is 44.2 Å². The normalized spacial score (nSPS) is 11.1. The number of nitrogens with zero attached hydrogens (tertiary/aromatic N) is 4. The zero-order chi connectivity index (χ0) is 22.5. The van der Waals surface area contributed by atoms with E-state index in [1.54, 1.807) is 12.4 Å². The van der Waals surface area contributed by atoms with Crippen LogP contribution in [-0.2, 0) is 20.1 Å². The molecule has 0 unspecified atom stereocenters. The molecule has 7 heteroatoms. The van der Waals surface area contributed by atoms with Gasteiger partial charge in [0.2, 0.25) is 0 Å². The fraction of sp³-hybridized carbons (Fsp3) is 0.192. The van der Waals surface area contributed by atoms with E-state index in [1.165, 1.54) is 5.56 Å². The molecule has 0 spiro atoms. The van der Waals surface area contributed by atoms with Crippen molar-refractivity contribution in [2.45, 2.75) is 19.4 Å². The highest BCUT2D eigenvalue weighted by Crippen LogP contribution is 2.30. The molecule has 0 aliphatic heterocycles. The van der Waals surface area contributed by atoms with E-state index in [0.717, 1.165) is 47.0 Å². The molecule has 0 amide bonds. The Morgan fingerprint density at radius 2 is 1.76 bits per heavy atom. The summed E-state index contributed by atoms with van der Waals surface area (Å²) in [6, 6.07) is 20.1. The van der Waals surface area contributed by atoms with Crippen LogP contribution in [0.2, 0.25) is 0 Å². The molecule has 166 valence electrons.